The molecule has 1 N–H and O–H groups in total. The van der Waals surface area contributed by atoms with Crippen molar-refractivity contribution in [1.29, 1.82) is 0 Å². The van der Waals surface area contributed by atoms with E-state index >= 15 is 0 Å². The molecule has 1 aliphatic rings. The number of halogens is 1. The molecule has 3 rings (SSSR count). The number of hydrogen-bond donors (Lipinski definition) is 1. The lowest BCUT2D eigenvalue weighted by Crippen LogP contribution is -2.52. The first-order valence-corrected chi connectivity index (χ1v) is 7.86. The highest BCUT2D eigenvalue weighted by molar-refractivity contribution is 7.17. The van der Waals surface area contributed by atoms with Crippen LogP contribution in [0.1, 0.15) is 9.67 Å². The molecule has 23 heavy (non-hydrogen) atoms. The minimum Gasteiger partial charge on any atom is -0.480 e. The molecule has 5 nitrogen and oxygen atoms in total. The van der Waals surface area contributed by atoms with Gasteiger partial charge in [-0.2, -0.15) is 0 Å². The molecule has 120 valence electrons. The smallest absolute Gasteiger partial charge is 0.328 e. The van der Waals surface area contributed by atoms with E-state index in [1.54, 1.807) is 30.3 Å². The van der Waals surface area contributed by atoms with Crippen LogP contribution in [0.5, 0.6) is 0 Å². The summed E-state index contributed by atoms with van der Waals surface area (Å²) in [6, 6.07) is 8.61. The van der Waals surface area contributed by atoms with Crippen LogP contribution in [0.4, 0.5) is 4.39 Å². The average Bonchev–Trinajstić information content (AvgIpc) is 3.04. The molecule has 1 unspecified atom stereocenters. The fourth-order valence-corrected chi connectivity index (χ4v) is 3.44. The van der Waals surface area contributed by atoms with Gasteiger partial charge in [0.1, 0.15) is 5.82 Å². The molecule has 0 spiro atoms. The second-order valence-corrected chi connectivity index (χ2v) is 6.16. The molecule has 1 fully saturated rings. The van der Waals surface area contributed by atoms with Gasteiger partial charge in [0, 0.05) is 17.0 Å². The van der Waals surface area contributed by atoms with E-state index in [9.17, 15) is 19.1 Å². The summed E-state index contributed by atoms with van der Waals surface area (Å²) in [6.45, 7) is 0.510. The van der Waals surface area contributed by atoms with E-state index in [0.717, 1.165) is 11.3 Å². The molecule has 1 aromatic heterocycles. The maximum Gasteiger partial charge on any atom is 0.328 e. The number of benzene rings is 1. The molecular weight excluding hydrogens is 321 g/mol. The Labute approximate surface area is 135 Å². The number of thiophene rings is 1. The molecule has 1 saturated heterocycles. The lowest BCUT2D eigenvalue weighted by atomic mass is 10.2. The third kappa shape index (κ3) is 3.11. The fourth-order valence-electron chi connectivity index (χ4n) is 2.45. The van der Waals surface area contributed by atoms with Crippen molar-refractivity contribution >= 4 is 23.2 Å². The summed E-state index contributed by atoms with van der Waals surface area (Å²) in [5.74, 6) is -1.82. The first-order chi connectivity index (χ1) is 11.1. The van der Waals surface area contributed by atoms with E-state index in [2.05, 4.69) is 0 Å². The zero-order chi connectivity index (χ0) is 16.4. The van der Waals surface area contributed by atoms with Gasteiger partial charge in [0.25, 0.3) is 5.91 Å². The molecule has 1 atom stereocenters. The molecule has 2 heterocycles. The first-order valence-electron chi connectivity index (χ1n) is 7.04. The molecular formula is C16H14FNO4S. The summed E-state index contributed by atoms with van der Waals surface area (Å²) in [4.78, 5) is 26.1. The van der Waals surface area contributed by atoms with Crippen LogP contribution >= 0.6 is 11.3 Å². The predicted molar refractivity (Wildman–Crippen MR) is 83.0 cm³/mol. The molecule has 0 aliphatic carbocycles. The topological polar surface area (TPSA) is 66.8 Å². The summed E-state index contributed by atoms with van der Waals surface area (Å²) < 4.78 is 19.0. The number of morpholine rings is 1. The van der Waals surface area contributed by atoms with Gasteiger partial charge in [0.2, 0.25) is 0 Å². The molecule has 0 radical (unpaired) electrons. The van der Waals surface area contributed by atoms with Crippen molar-refractivity contribution < 1.29 is 23.8 Å². The average molecular weight is 335 g/mol. The second-order valence-electron chi connectivity index (χ2n) is 5.07. The van der Waals surface area contributed by atoms with Crippen molar-refractivity contribution in [3.05, 3.63) is 47.1 Å². The predicted octanol–water partition coefficient (Wildman–Crippen LogP) is 2.48. The van der Waals surface area contributed by atoms with Crippen LogP contribution in [0.3, 0.4) is 0 Å². The fraction of sp³-hybridized carbons (Fsp3) is 0.250. The Morgan fingerprint density at radius 3 is 2.78 bits per heavy atom. The number of carboxylic acid groups (broad SMARTS) is 1. The van der Waals surface area contributed by atoms with Crippen molar-refractivity contribution in [3.63, 3.8) is 0 Å². The second kappa shape index (κ2) is 6.47. The number of aliphatic carboxylic acids is 1. The largest absolute Gasteiger partial charge is 0.480 e. The molecule has 7 heteroatoms. The maximum atomic E-state index is 13.8. The normalized spacial score (nSPS) is 18.0. The van der Waals surface area contributed by atoms with Crippen molar-refractivity contribution in [3.8, 4) is 10.4 Å². The number of amides is 1. The van der Waals surface area contributed by atoms with E-state index < -0.39 is 12.0 Å². The summed E-state index contributed by atoms with van der Waals surface area (Å²) in [5.41, 5.74) is 0.424. The zero-order valence-electron chi connectivity index (χ0n) is 12.1. The molecule has 1 aliphatic heterocycles. The van der Waals surface area contributed by atoms with Gasteiger partial charge >= 0.3 is 5.97 Å². The highest BCUT2D eigenvalue weighted by Crippen LogP contribution is 2.31. The SMILES string of the molecule is O=C(O)C1COCCN1C(=O)c1ccc(-c2ccccc2F)s1. The van der Waals surface area contributed by atoms with E-state index in [1.165, 1.54) is 11.0 Å². The Morgan fingerprint density at radius 1 is 1.26 bits per heavy atom. The van der Waals surface area contributed by atoms with Gasteiger partial charge in [-0.3, -0.25) is 4.79 Å². The number of nitrogens with zero attached hydrogens (tertiary/aromatic N) is 1. The van der Waals surface area contributed by atoms with Gasteiger partial charge in [0.15, 0.2) is 6.04 Å². The number of carboxylic acids is 1. The number of rotatable bonds is 3. The Kier molecular flexibility index (Phi) is 4.40. The summed E-state index contributed by atoms with van der Waals surface area (Å²) in [6.07, 6.45) is 0. The number of hydrogen-bond acceptors (Lipinski definition) is 4. The van der Waals surface area contributed by atoms with Crippen molar-refractivity contribution in [1.82, 2.24) is 4.90 Å². The van der Waals surface area contributed by atoms with Gasteiger partial charge in [0.05, 0.1) is 18.1 Å². The number of carbonyl (C=O) groups excluding carboxylic acids is 1. The van der Waals surface area contributed by atoms with Crippen LogP contribution in [0.25, 0.3) is 10.4 Å². The Morgan fingerprint density at radius 2 is 2.04 bits per heavy atom. The van der Waals surface area contributed by atoms with Gasteiger partial charge in [-0.05, 0) is 18.2 Å². The van der Waals surface area contributed by atoms with Gasteiger partial charge in [-0.1, -0.05) is 18.2 Å². The van der Waals surface area contributed by atoms with E-state index in [1.807, 2.05) is 0 Å². The molecule has 1 aromatic carbocycles. The minimum absolute atomic E-state index is 0.0212. The minimum atomic E-state index is -1.09. The van der Waals surface area contributed by atoms with Gasteiger partial charge in [-0.15, -0.1) is 11.3 Å². The highest BCUT2D eigenvalue weighted by Gasteiger charge is 2.33. The Bertz CT molecular complexity index is 745. The highest BCUT2D eigenvalue weighted by atomic mass is 32.1. The van der Waals surface area contributed by atoms with Crippen LogP contribution in [0.15, 0.2) is 36.4 Å². The van der Waals surface area contributed by atoms with Crippen LogP contribution in [0, 0.1) is 5.82 Å². The molecule has 1 amide bonds. The van der Waals surface area contributed by atoms with Crippen molar-refractivity contribution in [2.75, 3.05) is 19.8 Å². The maximum absolute atomic E-state index is 13.8. The van der Waals surface area contributed by atoms with Crippen LogP contribution < -0.4 is 0 Å². The number of ether oxygens (including phenoxy) is 1. The lowest BCUT2D eigenvalue weighted by molar-refractivity contribution is -0.147. The van der Waals surface area contributed by atoms with E-state index in [0.29, 0.717) is 21.9 Å². The van der Waals surface area contributed by atoms with Crippen LogP contribution in [-0.2, 0) is 9.53 Å². The van der Waals surface area contributed by atoms with Crippen molar-refractivity contribution in [2.24, 2.45) is 0 Å². The molecule has 2 aromatic rings. The summed E-state index contributed by atoms with van der Waals surface area (Å²) in [5, 5.41) is 9.20. The quantitative estimate of drug-likeness (QED) is 0.936. The molecule has 0 bridgehead atoms. The zero-order valence-corrected chi connectivity index (χ0v) is 12.9. The summed E-state index contributed by atoms with van der Waals surface area (Å²) in [7, 11) is 0. The third-order valence-corrected chi connectivity index (χ3v) is 4.74. The Balaban J connectivity index is 1.86. The third-order valence-electron chi connectivity index (χ3n) is 3.63. The van der Waals surface area contributed by atoms with E-state index in [-0.39, 0.29) is 24.9 Å². The van der Waals surface area contributed by atoms with Crippen molar-refractivity contribution in [2.45, 2.75) is 6.04 Å². The van der Waals surface area contributed by atoms with Crippen LogP contribution in [-0.4, -0.2) is 47.7 Å². The van der Waals surface area contributed by atoms with Crippen LogP contribution in [0.2, 0.25) is 0 Å². The standard InChI is InChI=1S/C16H14FNO4S/c17-11-4-2-1-3-10(11)13-5-6-14(23-13)15(19)18-7-8-22-9-12(18)16(20)21/h1-6,12H,7-9H2,(H,20,21). The van der Waals surface area contributed by atoms with Gasteiger partial charge in [-0.25, -0.2) is 9.18 Å². The lowest BCUT2D eigenvalue weighted by Gasteiger charge is -2.32. The van der Waals surface area contributed by atoms with Gasteiger partial charge < -0.3 is 14.7 Å². The monoisotopic (exact) mass is 335 g/mol. The first kappa shape index (κ1) is 15.6. The molecule has 0 saturated carbocycles. The Hall–Kier alpha value is -2.25. The van der Waals surface area contributed by atoms with E-state index in [4.69, 9.17) is 4.74 Å². The summed E-state index contributed by atoms with van der Waals surface area (Å²) >= 11 is 1.15. The number of carbonyl (C=O) groups is 2.